The fraction of sp³-hybridized carbons (Fsp3) is 0.455. The van der Waals surface area contributed by atoms with E-state index >= 15 is 0 Å². The van der Waals surface area contributed by atoms with Gasteiger partial charge in [-0.15, -0.1) is 23.5 Å². The molecule has 0 atom stereocenters. The molecule has 0 saturated heterocycles. The zero-order valence-electron chi connectivity index (χ0n) is 8.75. The van der Waals surface area contributed by atoms with Gasteiger partial charge in [-0.05, 0) is 30.7 Å². The molecule has 1 aliphatic heterocycles. The maximum Gasteiger partial charge on any atom is 0.124 e. The lowest BCUT2D eigenvalue weighted by atomic mass is 10.1. The Kier molecular flexibility index (Phi) is 3.43. The molecule has 0 fully saturated rings. The van der Waals surface area contributed by atoms with E-state index in [1.165, 1.54) is 5.56 Å². The van der Waals surface area contributed by atoms with Crippen LogP contribution in [0.5, 0.6) is 5.75 Å². The average molecular weight is 261 g/mol. The molecular formula is C11H13ClOS2. The maximum absolute atomic E-state index is 6.04. The van der Waals surface area contributed by atoms with Gasteiger partial charge in [0.15, 0.2) is 0 Å². The number of hydrogen-bond acceptors (Lipinski definition) is 3. The zero-order valence-corrected chi connectivity index (χ0v) is 11.1. The predicted octanol–water partition coefficient (Wildman–Crippen LogP) is 4.00. The molecule has 0 bridgehead atoms. The molecule has 0 N–H and O–H groups in total. The summed E-state index contributed by atoms with van der Waals surface area (Å²) in [7, 11) is 0. The van der Waals surface area contributed by atoms with E-state index in [-0.39, 0.29) is 4.08 Å². The number of benzene rings is 1. The van der Waals surface area contributed by atoms with Gasteiger partial charge in [-0.2, -0.15) is 0 Å². The van der Waals surface area contributed by atoms with Crippen LogP contribution in [0.15, 0.2) is 18.2 Å². The summed E-state index contributed by atoms with van der Waals surface area (Å²) in [4.78, 5) is 0. The van der Waals surface area contributed by atoms with Crippen molar-refractivity contribution in [2.75, 3.05) is 19.1 Å². The number of rotatable bonds is 2. The van der Waals surface area contributed by atoms with Crippen LogP contribution in [-0.2, 0) is 4.08 Å². The molecule has 1 aromatic carbocycles. The van der Waals surface area contributed by atoms with Gasteiger partial charge >= 0.3 is 0 Å². The molecule has 0 unspecified atom stereocenters. The van der Waals surface area contributed by atoms with Gasteiger partial charge < -0.3 is 4.74 Å². The van der Waals surface area contributed by atoms with Crippen LogP contribution in [0.4, 0.5) is 0 Å². The summed E-state index contributed by atoms with van der Waals surface area (Å²) in [5.41, 5.74) is 1.22. The average Bonchev–Trinajstić information content (AvgIpc) is 2.28. The van der Waals surface area contributed by atoms with Crippen LogP contribution in [-0.4, -0.2) is 19.1 Å². The number of fused-ring (bicyclic) bond motifs is 1. The van der Waals surface area contributed by atoms with Gasteiger partial charge in [0, 0.05) is 17.0 Å². The maximum atomic E-state index is 6.04. The molecule has 0 spiro atoms. The minimum Gasteiger partial charge on any atom is -0.493 e. The van der Waals surface area contributed by atoms with E-state index in [0.717, 1.165) is 23.8 Å². The molecule has 15 heavy (non-hydrogen) atoms. The highest BCUT2D eigenvalue weighted by Gasteiger charge is 2.36. The smallest absolute Gasteiger partial charge is 0.124 e. The second kappa shape index (κ2) is 4.48. The first-order chi connectivity index (χ1) is 7.22. The summed E-state index contributed by atoms with van der Waals surface area (Å²) >= 11 is 9.78. The topological polar surface area (TPSA) is 9.23 Å². The summed E-state index contributed by atoms with van der Waals surface area (Å²) in [6.07, 6.45) is 5.32. The lowest BCUT2D eigenvalue weighted by Gasteiger charge is -2.36. The molecular weight excluding hydrogens is 248 g/mol. The normalized spacial score (nSPS) is 18.1. The Balaban J connectivity index is 2.53. The fourth-order valence-electron chi connectivity index (χ4n) is 1.86. The number of ether oxygens (including phenoxy) is 1. The first-order valence-corrected chi connectivity index (χ1v) is 7.58. The second-order valence-corrected chi connectivity index (χ2v) is 6.31. The van der Waals surface area contributed by atoms with Crippen LogP contribution in [0.25, 0.3) is 0 Å². The highest BCUT2D eigenvalue weighted by molar-refractivity contribution is 8.16. The molecule has 0 aromatic heterocycles. The van der Waals surface area contributed by atoms with Crippen molar-refractivity contribution in [1.82, 2.24) is 0 Å². The zero-order chi connectivity index (χ0) is 10.9. The molecule has 0 amide bonds. The summed E-state index contributed by atoms with van der Waals surface area (Å²) in [6, 6.07) is 5.89. The minimum atomic E-state index is 0.110. The van der Waals surface area contributed by atoms with Crippen molar-refractivity contribution in [3.63, 3.8) is 0 Å². The van der Waals surface area contributed by atoms with Crippen molar-refractivity contribution in [3.8, 4) is 5.75 Å². The third kappa shape index (κ3) is 1.97. The summed E-state index contributed by atoms with van der Waals surface area (Å²) in [6.45, 7) is 0.788. The van der Waals surface area contributed by atoms with Crippen LogP contribution >= 0.6 is 35.1 Å². The Morgan fingerprint density at radius 1 is 1.33 bits per heavy atom. The largest absolute Gasteiger partial charge is 0.493 e. The Labute approximate surface area is 104 Å². The lowest BCUT2D eigenvalue weighted by molar-refractivity contribution is 0.280. The van der Waals surface area contributed by atoms with Gasteiger partial charge in [-0.25, -0.2) is 0 Å². The summed E-state index contributed by atoms with van der Waals surface area (Å²) in [5.74, 6) is 0.981. The molecule has 2 rings (SSSR count). The summed E-state index contributed by atoms with van der Waals surface area (Å²) < 4.78 is 5.76. The van der Waals surface area contributed by atoms with E-state index < -0.39 is 0 Å². The monoisotopic (exact) mass is 260 g/mol. The Morgan fingerprint density at radius 2 is 2.07 bits per heavy atom. The molecule has 1 heterocycles. The van der Waals surface area contributed by atoms with Crippen molar-refractivity contribution >= 4 is 35.1 Å². The predicted molar refractivity (Wildman–Crippen MR) is 70.3 cm³/mol. The van der Waals surface area contributed by atoms with Crippen molar-refractivity contribution in [2.45, 2.75) is 10.5 Å². The van der Waals surface area contributed by atoms with Gasteiger partial charge in [-0.3, -0.25) is 0 Å². The molecule has 0 radical (unpaired) electrons. The Bertz CT molecular complexity index is 364. The highest BCUT2D eigenvalue weighted by atomic mass is 35.5. The third-order valence-corrected chi connectivity index (χ3v) is 6.10. The van der Waals surface area contributed by atoms with E-state index in [1.807, 2.05) is 41.7 Å². The van der Waals surface area contributed by atoms with E-state index in [0.29, 0.717) is 0 Å². The Hall–Kier alpha value is 0.01000. The molecule has 0 aliphatic carbocycles. The summed E-state index contributed by atoms with van der Waals surface area (Å²) in [5, 5.41) is 0.784. The van der Waals surface area contributed by atoms with Crippen LogP contribution < -0.4 is 4.74 Å². The van der Waals surface area contributed by atoms with Crippen molar-refractivity contribution in [2.24, 2.45) is 0 Å². The van der Waals surface area contributed by atoms with Crippen LogP contribution in [0, 0.1) is 0 Å². The van der Waals surface area contributed by atoms with Gasteiger partial charge in [0.2, 0.25) is 0 Å². The quantitative estimate of drug-likeness (QED) is 0.744. The van der Waals surface area contributed by atoms with Gasteiger partial charge in [0.1, 0.15) is 5.75 Å². The SMILES string of the molecule is CSC1(SC)CCOc2ccc(Cl)cc21. The van der Waals surface area contributed by atoms with Crippen LogP contribution in [0.2, 0.25) is 5.02 Å². The van der Waals surface area contributed by atoms with Gasteiger partial charge in [-0.1, -0.05) is 11.6 Å². The van der Waals surface area contributed by atoms with Gasteiger partial charge in [0.05, 0.1) is 10.7 Å². The van der Waals surface area contributed by atoms with Gasteiger partial charge in [0.25, 0.3) is 0 Å². The Morgan fingerprint density at radius 3 is 2.73 bits per heavy atom. The third-order valence-electron chi connectivity index (χ3n) is 2.70. The number of hydrogen-bond donors (Lipinski definition) is 0. The first-order valence-electron chi connectivity index (χ1n) is 4.75. The number of halogens is 1. The van der Waals surface area contributed by atoms with E-state index in [4.69, 9.17) is 16.3 Å². The van der Waals surface area contributed by atoms with E-state index in [9.17, 15) is 0 Å². The molecule has 0 saturated carbocycles. The van der Waals surface area contributed by atoms with Crippen LogP contribution in [0.3, 0.4) is 0 Å². The second-order valence-electron chi connectivity index (χ2n) is 3.40. The minimum absolute atomic E-state index is 0.110. The molecule has 4 heteroatoms. The molecule has 1 nitrogen and oxygen atoms in total. The van der Waals surface area contributed by atoms with Crippen LogP contribution in [0.1, 0.15) is 12.0 Å². The van der Waals surface area contributed by atoms with E-state index in [2.05, 4.69) is 12.5 Å². The van der Waals surface area contributed by atoms with Crippen molar-refractivity contribution in [1.29, 1.82) is 0 Å². The van der Waals surface area contributed by atoms with Crippen molar-refractivity contribution < 1.29 is 4.74 Å². The molecule has 1 aromatic rings. The fourth-order valence-corrected chi connectivity index (χ4v) is 4.04. The molecule has 82 valence electrons. The lowest BCUT2D eigenvalue weighted by Crippen LogP contribution is -2.26. The van der Waals surface area contributed by atoms with E-state index in [1.54, 1.807) is 0 Å². The first kappa shape index (κ1) is 11.5. The molecule has 1 aliphatic rings. The number of thioether (sulfide) groups is 2. The van der Waals surface area contributed by atoms with Crippen molar-refractivity contribution in [3.05, 3.63) is 28.8 Å². The highest BCUT2D eigenvalue weighted by Crippen LogP contribution is 2.52. The standard InChI is InChI=1S/C11H13ClOS2/c1-14-11(15-2)5-6-13-10-4-3-8(12)7-9(10)11/h3-4,7H,5-6H2,1-2H3.